The van der Waals surface area contributed by atoms with Crippen LogP contribution in [0.5, 0.6) is 0 Å². The molecule has 116 valence electrons. The zero-order valence-electron chi connectivity index (χ0n) is 12.8. The molecule has 1 saturated heterocycles. The average Bonchev–Trinajstić information content (AvgIpc) is 2.93. The molecule has 0 aromatic carbocycles. The number of hydrogen-bond acceptors (Lipinski definition) is 5. The molecule has 0 saturated carbocycles. The van der Waals surface area contributed by atoms with Crippen LogP contribution < -0.4 is 0 Å². The van der Waals surface area contributed by atoms with Crippen LogP contribution in [0.2, 0.25) is 0 Å². The van der Waals surface area contributed by atoms with E-state index in [-0.39, 0.29) is 17.5 Å². The Hall–Kier alpha value is -0.940. The highest BCUT2D eigenvalue weighted by Gasteiger charge is 2.37. The molecule has 0 bridgehead atoms. The SMILES string of the molecule is CCOC(=O)C1CCCc2sc(C3(C)CCCCO3)nc21. The third-order valence-corrected chi connectivity index (χ3v) is 5.82. The number of carbonyl (C=O) groups excluding carboxylic acids is 1. The summed E-state index contributed by atoms with van der Waals surface area (Å²) in [4.78, 5) is 18.2. The van der Waals surface area contributed by atoms with Gasteiger partial charge >= 0.3 is 5.97 Å². The number of hydrogen-bond donors (Lipinski definition) is 0. The molecule has 2 aliphatic rings. The first-order valence-corrected chi connectivity index (χ1v) is 8.76. The van der Waals surface area contributed by atoms with Crippen LogP contribution in [0.25, 0.3) is 0 Å². The van der Waals surface area contributed by atoms with Crippen LogP contribution >= 0.6 is 11.3 Å². The molecule has 1 aromatic rings. The lowest BCUT2D eigenvalue weighted by Gasteiger charge is -2.31. The van der Waals surface area contributed by atoms with Gasteiger partial charge in [0, 0.05) is 11.5 Å². The van der Waals surface area contributed by atoms with Crippen molar-refractivity contribution >= 4 is 17.3 Å². The summed E-state index contributed by atoms with van der Waals surface area (Å²) in [6.45, 7) is 5.23. The fourth-order valence-corrected chi connectivity index (χ4v) is 4.51. The van der Waals surface area contributed by atoms with E-state index in [0.29, 0.717) is 6.61 Å². The maximum atomic E-state index is 12.1. The average molecular weight is 309 g/mol. The molecular weight excluding hydrogens is 286 g/mol. The van der Waals surface area contributed by atoms with Gasteiger partial charge in [-0.3, -0.25) is 4.79 Å². The molecule has 2 heterocycles. The zero-order valence-corrected chi connectivity index (χ0v) is 13.6. The van der Waals surface area contributed by atoms with E-state index in [9.17, 15) is 4.79 Å². The normalized spacial score (nSPS) is 29.0. The van der Waals surface area contributed by atoms with Gasteiger partial charge in [-0.2, -0.15) is 0 Å². The first kappa shape index (κ1) is 15.0. The third-order valence-electron chi connectivity index (χ3n) is 4.45. The van der Waals surface area contributed by atoms with E-state index in [0.717, 1.165) is 49.4 Å². The third kappa shape index (κ3) is 2.86. The number of thiazole rings is 1. The summed E-state index contributed by atoms with van der Waals surface area (Å²) >= 11 is 1.74. The Morgan fingerprint density at radius 2 is 2.33 bits per heavy atom. The predicted octanol–water partition coefficient (Wildman–Crippen LogP) is 3.54. The Bertz CT molecular complexity index is 520. The maximum Gasteiger partial charge on any atom is 0.315 e. The lowest BCUT2D eigenvalue weighted by Crippen LogP contribution is -2.30. The largest absolute Gasteiger partial charge is 0.465 e. The molecule has 0 radical (unpaired) electrons. The monoisotopic (exact) mass is 309 g/mol. The van der Waals surface area contributed by atoms with E-state index < -0.39 is 0 Å². The van der Waals surface area contributed by atoms with Crippen molar-refractivity contribution in [1.82, 2.24) is 4.98 Å². The second kappa shape index (κ2) is 6.05. The van der Waals surface area contributed by atoms with Gasteiger partial charge in [-0.15, -0.1) is 11.3 Å². The van der Waals surface area contributed by atoms with Crippen LogP contribution in [0.4, 0.5) is 0 Å². The van der Waals surface area contributed by atoms with Gasteiger partial charge < -0.3 is 9.47 Å². The maximum absolute atomic E-state index is 12.1. The zero-order chi connectivity index (χ0) is 14.9. The minimum Gasteiger partial charge on any atom is -0.465 e. The molecule has 21 heavy (non-hydrogen) atoms. The van der Waals surface area contributed by atoms with Crippen molar-refractivity contribution in [2.45, 2.75) is 63.9 Å². The van der Waals surface area contributed by atoms with Crippen molar-refractivity contribution in [3.05, 3.63) is 15.6 Å². The summed E-state index contributed by atoms with van der Waals surface area (Å²) in [5, 5.41) is 1.04. The first-order valence-electron chi connectivity index (χ1n) is 7.94. The van der Waals surface area contributed by atoms with E-state index in [1.807, 2.05) is 6.92 Å². The van der Waals surface area contributed by atoms with Crippen LogP contribution in [0, 0.1) is 0 Å². The van der Waals surface area contributed by atoms with E-state index in [1.165, 1.54) is 11.3 Å². The number of carbonyl (C=O) groups is 1. The van der Waals surface area contributed by atoms with Gasteiger partial charge in [0.15, 0.2) is 0 Å². The molecule has 0 amide bonds. The minimum absolute atomic E-state index is 0.120. The number of fused-ring (bicyclic) bond motifs is 1. The number of aromatic nitrogens is 1. The Balaban J connectivity index is 1.88. The molecule has 1 aliphatic carbocycles. The fraction of sp³-hybridized carbons (Fsp3) is 0.750. The van der Waals surface area contributed by atoms with Crippen LogP contribution in [0.15, 0.2) is 0 Å². The van der Waals surface area contributed by atoms with E-state index in [1.54, 1.807) is 11.3 Å². The molecule has 1 aliphatic heterocycles. The van der Waals surface area contributed by atoms with E-state index >= 15 is 0 Å². The van der Waals surface area contributed by atoms with E-state index in [2.05, 4.69) is 6.92 Å². The van der Waals surface area contributed by atoms with Gasteiger partial charge in [-0.1, -0.05) is 0 Å². The van der Waals surface area contributed by atoms with Crippen molar-refractivity contribution in [3.8, 4) is 0 Å². The highest BCUT2D eigenvalue weighted by Crippen LogP contribution is 2.42. The van der Waals surface area contributed by atoms with Crippen LogP contribution in [0.1, 0.15) is 67.4 Å². The Morgan fingerprint density at radius 3 is 3.05 bits per heavy atom. The summed E-state index contributed by atoms with van der Waals surface area (Å²) in [5.41, 5.74) is 0.689. The number of ether oxygens (including phenoxy) is 2. The number of aryl methyl sites for hydroxylation is 1. The minimum atomic E-state index is -0.264. The number of rotatable bonds is 3. The molecule has 2 atom stereocenters. The lowest BCUT2D eigenvalue weighted by atomic mass is 9.91. The first-order chi connectivity index (χ1) is 10.1. The smallest absolute Gasteiger partial charge is 0.315 e. The van der Waals surface area contributed by atoms with Crippen molar-refractivity contribution in [2.75, 3.05) is 13.2 Å². The van der Waals surface area contributed by atoms with Gasteiger partial charge in [-0.05, 0) is 52.4 Å². The standard InChI is InChI=1S/C16H23NO3S/c1-3-19-14(18)11-7-6-8-12-13(11)17-15(21-12)16(2)9-4-5-10-20-16/h11H,3-10H2,1-2H3. The Morgan fingerprint density at radius 1 is 1.48 bits per heavy atom. The summed E-state index contributed by atoms with van der Waals surface area (Å²) in [5.74, 6) is -0.295. The van der Waals surface area contributed by atoms with Crippen LogP contribution in [-0.4, -0.2) is 24.2 Å². The molecule has 1 aromatic heterocycles. The molecule has 0 spiro atoms. The summed E-state index contributed by atoms with van der Waals surface area (Å²) in [6.07, 6.45) is 6.25. The second-order valence-corrected chi connectivity index (χ2v) is 7.14. The van der Waals surface area contributed by atoms with E-state index in [4.69, 9.17) is 14.5 Å². The summed E-state index contributed by atoms with van der Waals surface area (Å²) < 4.78 is 11.2. The molecule has 1 fully saturated rings. The van der Waals surface area contributed by atoms with Gasteiger partial charge in [0.25, 0.3) is 0 Å². The van der Waals surface area contributed by atoms with Gasteiger partial charge in [0.1, 0.15) is 16.5 Å². The predicted molar refractivity (Wildman–Crippen MR) is 81.6 cm³/mol. The Kier molecular flexibility index (Phi) is 4.31. The van der Waals surface area contributed by atoms with Crippen molar-refractivity contribution in [1.29, 1.82) is 0 Å². The highest BCUT2D eigenvalue weighted by molar-refractivity contribution is 7.11. The fourth-order valence-electron chi connectivity index (χ4n) is 3.22. The summed E-state index contributed by atoms with van der Waals surface area (Å²) in [7, 11) is 0. The van der Waals surface area contributed by atoms with Crippen LogP contribution in [-0.2, 0) is 26.3 Å². The molecule has 3 rings (SSSR count). The summed E-state index contributed by atoms with van der Waals surface area (Å²) in [6, 6.07) is 0. The number of nitrogens with zero attached hydrogens (tertiary/aromatic N) is 1. The van der Waals surface area contributed by atoms with Gasteiger partial charge in [-0.25, -0.2) is 4.98 Å². The van der Waals surface area contributed by atoms with Crippen molar-refractivity contribution in [3.63, 3.8) is 0 Å². The van der Waals surface area contributed by atoms with Crippen molar-refractivity contribution < 1.29 is 14.3 Å². The van der Waals surface area contributed by atoms with Gasteiger partial charge in [0.2, 0.25) is 0 Å². The molecule has 5 heteroatoms. The van der Waals surface area contributed by atoms with Gasteiger partial charge in [0.05, 0.1) is 12.3 Å². The topological polar surface area (TPSA) is 48.4 Å². The van der Waals surface area contributed by atoms with Crippen LogP contribution in [0.3, 0.4) is 0 Å². The highest BCUT2D eigenvalue weighted by atomic mass is 32.1. The lowest BCUT2D eigenvalue weighted by molar-refractivity contribution is -0.145. The van der Waals surface area contributed by atoms with Crippen molar-refractivity contribution in [2.24, 2.45) is 0 Å². The Labute approximate surface area is 129 Å². The number of esters is 1. The second-order valence-electron chi connectivity index (χ2n) is 6.06. The molecule has 0 N–H and O–H groups in total. The molecule has 4 nitrogen and oxygen atoms in total. The molecule has 2 unspecified atom stereocenters. The molecular formula is C16H23NO3S. The quantitative estimate of drug-likeness (QED) is 0.801.